The van der Waals surface area contributed by atoms with E-state index < -0.39 is 7.80 Å². The molecule has 0 bridgehead atoms. The summed E-state index contributed by atoms with van der Waals surface area (Å²) in [6.07, 6.45) is 18.0. The summed E-state index contributed by atoms with van der Waals surface area (Å²) < 4.78 is 12.2. The van der Waals surface area contributed by atoms with Crippen LogP contribution in [0.3, 0.4) is 0 Å². The predicted molar refractivity (Wildman–Crippen MR) is 112 cm³/mol. The van der Waals surface area contributed by atoms with Crippen LogP contribution >= 0.6 is 7.80 Å². The van der Waals surface area contributed by atoms with Gasteiger partial charge in [0.05, 0.1) is 6.42 Å². The second kappa shape index (κ2) is 16.0. The molecular formula is C22H44O2P+. The summed E-state index contributed by atoms with van der Waals surface area (Å²) in [6.45, 7) is 9.00. The van der Waals surface area contributed by atoms with Gasteiger partial charge in [0.1, 0.15) is 0 Å². The van der Waals surface area contributed by atoms with E-state index in [1.165, 1.54) is 64.2 Å². The van der Waals surface area contributed by atoms with Gasteiger partial charge >= 0.3 is 13.3 Å². The lowest BCUT2D eigenvalue weighted by Crippen LogP contribution is -2.17. The standard InChI is InChI=1S/C22H44O2P/c1-5-9-10-11-12-13-14-15-16-18-21(23)25(24)20-17-19-22(6-2,7-3)8-4/h5-20H2,1-4H3/q+1. The summed E-state index contributed by atoms with van der Waals surface area (Å²) >= 11 is 0. The highest BCUT2D eigenvalue weighted by atomic mass is 31.1. The van der Waals surface area contributed by atoms with E-state index >= 15 is 0 Å². The lowest BCUT2D eigenvalue weighted by Gasteiger charge is -2.29. The highest BCUT2D eigenvalue weighted by Gasteiger charge is 2.29. The maximum atomic E-state index is 12.2. The van der Waals surface area contributed by atoms with Crippen molar-refractivity contribution in [1.82, 2.24) is 0 Å². The molecule has 0 fully saturated rings. The quantitative estimate of drug-likeness (QED) is 0.179. The molecule has 0 heterocycles. The van der Waals surface area contributed by atoms with Gasteiger partial charge in [-0.2, -0.15) is 0 Å². The Bertz CT molecular complexity index is 340. The molecule has 2 nitrogen and oxygen atoms in total. The third-order valence-electron chi connectivity index (χ3n) is 6.09. The summed E-state index contributed by atoms with van der Waals surface area (Å²) in [5.41, 5.74) is 0.420. The molecule has 0 aliphatic rings. The summed E-state index contributed by atoms with van der Waals surface area (Å²) in [7, 11) is -1.63. The molecule has 0 aliphatic heterocycles. The molecule has 148 valence electrons. The van der Waals surface area contributed by atoms with Gasteiger partial charge in [0.15, 0.2) is 6.16 Å². The first-order chi connectivity index (χ1) is 12.0. The lowest BCUT2D eigenvalue weighted by atomic mass is 9.76. The Kier molecular flexibility index (Phi) is 15.8. The molecule has 0 saturated carbocycles. The number of rotatable bonds is 18. The molecule has 0 aliphatic carbocycles. The number of carbonyl (C=O) groups excluding carboxylic acids is 1. The summed E-state index contributed by atoms with van der Waals surface area (Å²) in [6, 6.07) is 0. The van der Waals surface area contributed by atoms with E-state index in [0.29, 0.717) is 18.0 Å². The fourth-order valence-electron chi connectivity index (χ4n) is 3.71. The Morgan fingerprint density at radius 1 is 0.720 bits per heavy atom. The molecule has 0 aromatic heterocycles. The van der Waals surface area contributed by atoms with E-state index in [4.69, 9.17) is 0 Å². The highest BCUT2D eigenvalue weighted by molar-refractivity contribution is 7.63. The van der Waals surface area contributed by atoms with Crippen molar-refractivity contribution < 1.29 is 9.36 Å². The van der Waals surface area contributed by atoms with Crippen molar-refractivity contribution in [2.24, 2.45) is 5.41 Å². The van der Waals surface area contributed by atoms with Gasteiger partial charge < -0.3 is 0 Å². The lowest BCUT2D eigenvalue weighted by molar-refractivity contribution is -0.111. The van der Waals surface area contributed by atoms with Crippen molar-refractivity contribution >= 4 is 13.3 Å². The van der Waals surface area contributed by atoms with Crippen LogP contribution in [0.4, 0.5) is 0 Å². The number of hydrogen-bond acceptors (Lipinski definition) is 2. The van der Waals surface area contributed by atoms with E-state index in [0.717, 1.165) is 25.7 Å². The van der Waals surface area contributed by atoms with E-state index in [9.17, 15) is 9.36 Å². The van der Waals surface area contributed by atoms with Crippen molar-refractivity contribution in [3.63, 3.8) is 0 Å². The van der Waals surface area contributed by atoms with Crippen molar-refractivity contribution in [2.75, 3.05) is 6.16 Å². The van der Waals surface area contributed by atoms with Gasteiger partial charge in [0.25, 0.3) is 0 Å². The van der Waals surface area contributed by atoms with Gasteiger partial charge in [-0.05, 0) is 24.7 Å². The minimum absolute atomic E-state index is 0.0213. The second-order valence-corrected chi connectivity index (χ2v) is 9.44. The Morgan fingerprint density at radius 2 is 1.20 bits per heavy atom. The van der Waals surface area contributed by atoms with Crippen LogP contribution in [0.5, 0.6) is 0 Å². The molecule has 1 atom stereocenters. The van der Waals surface area contributed by atoms with E-state index in [1.54, 1.807) is 0 Å². The van der Waals surface area contributed by atoms with Crippen LogP contribution in [0.25, 0.3) is 0 Å². The summed E-state index contributed by atoms with van der Waals surface area (Å²) in [5, 5.41) is 0. The molecule has 0 aromatic rings. The van der Waals surface area contributed by atoms with Gasteiger partial charge in [0, 0.05) is 0 Å². The van der Waals surface area contributed by atoms with Crippen LogP contribution in [-0.4, -0.2) is 11.7 Å². The normalized spacial score (nSPS) is 12.4. The number of hydrogen-bond donors (Lipinski definition) is 0. The highest BCUT2D eigenvalue weighted by Crippen LogP contribution is 2.37. The first kappa shape index (κ1) is 24.8. The Balaban J connectivity index is 3.71. The molecule has 0 aromatic carbocycles. The van der Waals surface area contributed by atoms with Gasteiger partial charge in [-0.15, -0.1) is 0 Å². The summed E-state index contributed by atoms with van der Waals surface area (Å²) in [5.74, 6) is 0. The predicted octanol–water partition coefficient (Wildman–Crippen LogP) is 8.26. The third kappa shape index (κ3) is 11.9. The Morgan fingerprint density at radius 3 is 1.68 bits per heavy atom. The minimum atomic E-state index is -1.63. The fourth-order valence-corrected chi connectivity index (χ4v) is 4.82. The monoisotopic (exact) mass is 371 g/mol. The van der Waals surface area contributed by atoms with Gasteiger partial charge in [-0.3, -0.25) is 0 Å². The molecule has 0 amide bonds. The van der Waals surface area contributed by atoms with Crippen molar-refractivity contribution in [1.29, 1.82) is 0 Å². The maximum Gasteiger partial charge on any atom is 0.414 e. The van der Waals surface area contributed by atoms with Crippen LogP contribution in [0.2, 0.25) is 0 Å². The summed E-state index contributed by atoms with van der Waals surface area (Å²) in [4.78, 5) is 12.0. The zero-order chi connectivity index (χ0) is 19.0. The van der Waals surface area contributed by atoms with E-state index in [1.807, 2.05) is 0 Å². The molecule has 3 heteroatoms. The van der Waals surface area contributed by atoms with Crippen LogP contribution < -0.4 is 0 Å². The van der Waals surface area contributed by atoms with Gasteiger partial charge in [-0.1, -0.05) is 103 Å². The fraction of sp³-hybridized carbons (Fsp3) is 0.955. The van der Waals surface area contributed by atoms with Crippen LogP contribution in [-0.2, 0) is 9.36 Å². The topological polar surface area (TPSA) is 34.1 Å². The van der Waals surface area contributed by atoms with Gasteiger partial charge in [0.2, 0.25) is 0 Å². The second-order valence-electron chi connectivity index (χ2n) is 7.74. The van der Waals surface area contributed by atoms with Crippen molar-refractivity contribution in [2.45, 2.75) is 124 Å². The zero-order valence-electron chi connectivity index (χ0n) is 17.6. The van der Waals surface area contributed by atoms with Crippen LogP contribution in [0.15, 0.2) is 0 Å². The average Bonchev–Trinajstić information content (AvgIpc) is 2.64. The number of carbonyl (C=O) groups is 1. The zero-order valence-corrected chi connectivity index (χ0v) is 18.5. The van der Waals surface area contributed by atoms with E-state index in [2.05, 4.69) is 27.7 Å². The van der Waals surface area contributed by atoms with E-state index in [-0.39, 0.29) is 5.52 Å². The first-order valence-corrected chi connectivity index (χ1v) is 12.5. The molecule has 1 unspecified atom stereocenters. The molecule has 25 heavy (non-hydrogen) atoms. The first-order valence-electron chi connectivity index (χ1n) is 11.0. The smallest absolute Gasteiger partial charge is 0.240 e. The Hall–Kier alpha value is -0.230. The molecule has 0 saturated heterocycles. The van der Waals surface area contributed by atoms with Gasteiger partial charge in [-0.25, -0.2) is 4.79 Å². The molecule has 0 spiro atoms. The molecule has 0 rings (SSSR count). The van der Waals surface area contributed by atoms with Crippen LogP contribution in [0.1, 0.15) is 124 Å². The maximum absolute atomic E-state index is 12.2. The SMILES string of the molecule is CCCCCCCCCCCC(=O)[P+](=O)CCCC(CC)(CC)CC. The third-order valence-corrected chi connectivity index (χ3v) is 7.59. The average molecular weight is 372 g/mol. The molecule has 0 N–H and O–H groups in total. The molecule has 0 radical (unpaired) electrons. The molecular weight excluding hydrogens is 327 g/mol. The number of unbranched alkanes of at least 4 members (excludes halogenated alkanes) is 8. The Labute approximate surface area is 158 Å². The largest absolute Gasteiger partial charge is 0.414 e. The van der Waals surface area contributed by atoms with Crippen molar-refractivity contribution in [3.8, 4) is 0 Å². The minimum Gasteiger partial charge on any atom is -0.240 e. The van der Waals surface area contributed by atoms with Crippen molar-refractivity contribution in [3.05, 3.63) is 0 Å². The van der Waals surface area contributed by atoms with Crippen LogP contribution in [0, 0.1) is 5.41 Å².